The molecule has 0 aromatic rings. The highest BCUT2D eigenvalue weighted by atomic mass is 16.5. The zero-order valence-corrected chi connectivity index (χ0v) is 15.7. The lowest BCUT2D eigenvalue weighted by Crippen LogP contribution is -2.56. The van der Waals surface area contributed by atoms with Crippen LogP contribution in [0.1, 0.15) is 70.6 Å². The molecule has 0 aromatic heterocycles. The normalized spacial score (nSPS) is 52.0. The molecule has 0 bridgehead atoms. The monoisotopic (exact) mass is 342 g/mol. The van der Waals surface area contributed by atoms with Crippen LogP contribution in [0.15, 0.2) is 0 Å². The highest BCUT2D eigenvalue weighted by Crippen LogP contribution is 2.67. The molecule has 138 valence electrons. The Bertz CT molecular complexity index is 551. The quantitative estimate of drug-likeness (QED) is 0.636. The van der Waals surface area contributed by atoms with E-state index >= 15 is 0 Å². The van der Waals surface area contributed by atoms with Crippen molar-refractivity contribution in [1.29, 1.82) is 0 Å². The molecule has 5 fully saturated rings. The molecule has 4 saturated carbocycles. The van der Waals surface area contributed by atoms with E-state index in [1.807, 2.05) is 0 Å². The van der Waals surface area contributed by atoms with E-state index in [2.05, 4.69) is 5.92 Å². The van der Waals surface area contributed by atoms with Crippen molar-refractivity contribution in [2.45, 2.75) is 76.7 Å². The second-order valence-corrected chi connectivity index (χ2v) is 9.77. The van der Waals surface area contributed by atoms with Crippen LogP contribution in [0.25, 0.3) is 0 Å². The highest BCUT2D eigenvalue weighted by Gasteiger charge is 2.63. The third-order valence-corrected chi connectivity index (χ3v) is 9.27. The molecule has 25 heavy (non-hydrogen) atoms. The average molecular weight is 343 g/mol. The van der Waals surface area contributed by atoms with Gasteiger partial charge in [0.15, 0.2) is 0 Å². The van der Waals surface area contributed by atoms with Crippen LogP contribution in [0.5, 0.6) is 0 Å². The molecule has 2 nitrogen and oxygen atoms in total. The fourth-order valence-electron chi connectivity index (χ4n) is 8.40. The van der Waals surface area contributed by atoms with Gasteiger partial charge in [0.25, 0.3) is 0 Å². The summed E-state index contributed by atoms with van der Waals surface area (Å²) in [7, 11) is 0. The van der Waals surface area contributed by atoms with Crippen LogP contribution in [0, 0.1) is 46.8 Å². The third-order valence-electron chi connectivity index (χ3n) is 9.27. The van der Waals surface area contributed by atoms with Gasteiger partial charge in [0.2, 0.25) is 0 Å². The minimum atomic E-state index is 0.330. The lowest BCUT2D eigenvalue weighted by molar-refractivity contribution is -0.144. The van der Waals surface area contributed by atoms with Crippen LogP contribution >= 0.6 is 0 Å². The number of ether oxygens (including phenoxy) is 2. The number of hydrogen-bond acceptors (Lipinski definition) is 2. The van der Waals surface area contributed by atoms with E-state index in [1.165, 1.54) is 64.2 Å². The fraction of sp³-hybridized carbons (Fsp3) is 0.913. The highest BCUT2D eigenvalue weighted by molar-refractivity contribution is 5.13. The van der Waals surface area contributed by atoms with Crippen molar-refractivity contribution in [3.05, 3.63) is 0 Å². The Hall–Kier alpha value is -0.520. The number of terminal acetylenes is 1. The second-order valence-electron chi connectivity index (χ2n) is 9.77. The molecular weight excluding hydrogens is 308 g/mol. The first-order chi connectivity index (χ1) is 12.3. The average Bonchev–Trinajstić information content (AvgIpc) is 2.89. The molecule has 4 aliphatic carbocycles. The van der Waals surface area contributed by atoms with Crippen molar-refractivity contribution < 1.29 is 9.47 Å². The molecule has 1 spiro atoms. The third kappa shape index (κ3) is 2.31. The van der Waals surface area contributed by atoms with Gasteiger partial charge in [-0.25, -0.2) is 0 Å². The van der Waals surface area contributed by atoms with Gasteiger partial charge in [-0.3, -0.25) is 0 Å². The summed E-state index contributed by atoms with van der Waals surface area (Å²) in [6.45, 7) is 2.55. The second kappa shape index (κ2) is 6.28. The molecule has 1 unspecified atom stereocenters. The lowest BCUT2D eigenvalue weighted by Gasteiger charge is -2.61. The Morgan fingerprint density at radius 2 is 1.88 bits per heavy atom. The van der Waals surface area contributed by atoms with Crippen molar-refractivity contribution in [3.63, 3.8) is 0 Å². The standard InChI is InChI=1S/C23H34O2/c1-2-11-22-12-4-3-5-17(22)6-7-18-19-8-9-21-23(19,13-10-20(18)22)16-24-14-15-25-21/h1,17-21H,3-16H2/t17-,18+,19+,20+,21?,22+,23-/m1/s1. The molecule has 5 rings (SSSR count). The zero-order chi connectivity index (χ0) is 16.9. The van der Waals surface area contributed by atoms with Gasteiger partial charge in [-0.05, 0) is 80.5 Å². The Morgan fingerprint density at radius 3 is 2.80 bits per heavy atom. The molecule has 0 radical (unpaired) electrons. The molecule has 1 heterocycles. The molecule has 2 heteroatoms. The van der Waals surface area contributed by atoms with E-state index in [9.17, 15) is 0 Å². The lowest BCUT2D eigenvalue weighted by atomic mass is 9.44. The molecule has 0 aromatic carbocycles. The number of fused-ring (bicyclic) bond motifs is 4. The van der Waals surface area contributed by atoms with E-state index in [0.29, 0.717) is 16.9 Å². The molecule has 5 aliphatic rings. The van der Waals surface area contributed by atoms with Crippen LogP contribution in [0.3, 0.4) is 0 Å². The Balaban J connectivity index is 1.48. The maximum absolute atomic E-state index is 6.29. The van der Waals surface area contributed by atoms with Gasteiger partial charge in [0.1, 0.15) is 0 Å². The number of hydrogen-bond donors (Lipinski definition) is 0. The Kier molecular flexibility index (Phi) is 4.18. The van der Waals surface area contributed by atoms with Crippen LogP contribution in [-0.2, 0) is 9.47 Å². The summed E-state index contributed by atoms with van der Waals surface area (Å²) in [5.41, 5.74) is 0.804. The van der Waals surface area contributed by atoms with Crippen LogP contribution < -0.4 is 0 Å². The molecule has 0 amide bonds. The smallest absolute Gasteiger partial charge is 0.0704 e. The molecule has 0 N–H and O–H groups in total. The van der Waals surface area contributed by atoms with E-state index in [-0.39, 0.29) is 0 Å². The summed E-state index contributed by atoms with van der Waals surface area (Å²) in [4.78, 5) is 0. The van der Waals surface area contributed by atoms with Crippen molar-refractivity contribution in [2.24, 2.45) is 34.5 Å². The summed E-state index contributed by atoms with van der Waals surface area (Å²) in [6, 6.07) is 0. The summed E-state index contributed by atoms with van der Waals surface area (Å²) in [5, 5.41) is 0. The largest absolute Gasteiger partial charge is 0.378 e. The summed E-state index contributed by atoms with van der Waals surface area (Å²) < 4.78 is 12.4. The van der Waals surface area contributed by atoms with Gasteiger partial charge in [0.05, 0.1) is 25.9 Å². The first kappa shape index (κ1) is 16.6. The van der Waals surface area contributed by atoms with Crippen molar-refractivity contribution in [1.82, 2.24) is 0 Å². The summed E-state index contributed by atoms with van der Waals surface area (Å²) >= 11 is 0. The SMILES string of the molecule is C#CC[C@]12CCCC[C@@H]1CC[C@H]1[C@@H]3CCC4OCCOC[C@@]43CC[C@@H]12. The maximum atomic E-state index is 6.29. The molecule has 1 aliphatic heterocycles. The predicted octanol–water partition coefficient (Wildman–Crippen LogP) is 4.82. The Morgan fingerprint density at radius 1 is 0.920 bits per heavy atom. The molecule has 1 saturated heterocycles. The predicted molar refractivity (Wildman–Crippen MR) is 99.0 cm³/mol. The minimum Gasteiger partial charge on any atom is -0.378 e. The summed E-state index contributed by atoms with van der Waals surface area (Å²) in [6.07, 6.45) is 21.3. The first-order valence-corrected chi connectivity index (χ1v) is 10.9. The van der Waals surface area contributed by atoms with E-state index < -0.39 is 0 Å². The zero-order valence-electron chi connectivity index (χ0n) is 15.7. The van der Waals surface area contributed by atoms with Gasteiger partial charge < -0.3 is 9.47 Å². The summed E-state index contributed by atoms with van der Waals surface area (Å²) in [5.74, 6) is 6.63. The fourth-order valence-corrected chi connectivity index (χ4v) is 8.40. The molecular formula is C23H34O2. The van der Waals surface area contributed by atoms with E-state index in [0.717, 1.165) is 49.9 Å². The van der Waals surface area contributed by atoms with Gasteiger partial charge in [0, 0.05) is 11.8 Å². The van der Waals surface area contributed by atoms with Gasteiger partial charge in [-0.1, -0.05) is 12.8 Å². The van der Waals surface area contributed by atoms with Gasteiger partial charge in [-0.15, -0.1) is 12.3 Å². The van der Waals surface area contributed by atoms with Crippen molar-refractivity contribution in [2.75, 3.05) is 19.8 Å². The maximum Gasteiger partial charge on any atom is 0.0704 e. The minimum absolute atomic E-state index is 0.330. The van der Waals surface area contributed by atoms with E-state index in [1.54, 1.807) is 0 Å². The van der Waals surface area contributed by atoms with Crippen LogP contribution in [0.4, 0.5) is 0 Å². The van der Waals surface area contributed by atoms with Gasteiger partial charge >= 0.3 is 0 Å². The number of rotatable bonds is 1. The Labute approximate surface area is 153 Å². The first-order valence-electron chi connectivity index (χ1n) is 10.9. The van der Waals surface area contributed by atoms with Crippen LogP contribution in [0.2, 0.25) is 0 Å². The van der Waals surface area contributed by atoms with E-state index in [4.69, 9.17) is 15.9 Å². The molecule has 7 atom stereocenters. The van der Waals surface area contributed by atoms with Crippen molar-refractivity contribution in [3.8, 4) is 12.3 Å². The van der Waals surface area contributed by atoms with Gasteiger partial charge in [-0.2, -0.15) is 0 Å². The van der Waals surface area contributed by atoms with Crippen LogP contribution in [-0.4, -0.2) is 25.9 Å². The van der Waals surface area contributed by atoms with Crippen molar-refractivity contribution >= 4 is 0 Å². The topological polar surface area (TPSA) is 18.5 Å².